The number of nitrogens with two attached hydrogens (primary N) is 1. The average molecular weight is 440 g/mol. The van der Waals surface area contributed by atoms with Gasteiger partial charge in [0.25, 0.3) is 0 Å². The van der Waals surface area contributed by atoms with E-state index >= 15 is 0 Å². The zero-order valence-electron chi connectivity index (χ0n) is 19.2. The number of esters is 1. The predicted octanol–water partition coefficient (Wildman–Crippen LogP) is 4.02. The van der Waals surface area contributed by atoms with Crippen molar-refractivity contribution in [3.63, 3.8) is 0 Å². The van der Waals surface area contributed by atoms with E-state index in [1.807, 2.05) is 32.9 Å². The molecular formula is C24H29N3O5. The normalized spacial score (nSPS) is 18.5. The second-order valence-corrected chi connectivity index (χ2v) is 8.74. The Balaban J connectivity index is 2.05. The second kappa shape index (κ2) is 8.95. The van der Waals surface area contributed by atoms with Gasteiger partial charge in [-0.2, -0.15) is 5.26 Å². The number of nitriles is 1. The van der Waals surface area contributed by atoms with Crippen LogP contribution in [0.3, 0.4) is 0 Å². The first-order valence-electron chi connectivity index (χ1n) is 10.7. The average Bonchev–Trinajstić information content (AvgIpc) is 2.71. The number of amides is 1. The van der Waals surface area contributed by atoms with E-state index in [2.05, 4.69) is 6.07 Å². The smallest absolute Gasteiger partial charge is 0.414 e. The first-order valence-corrected chi connectivity index (χ1v) is 10.7. The molecule has 8 heteroatoms. The fraction of sp³-hybridized carbons (Fsp3) is 0.458. The number of hydrogen-bond acceptors (Lipinski definition) is 7. The van der Waals surface area contributed by atoms with E-state index in [-0.39, 0.29) is 23.6 Å². The third-order valence-electron chi connectivity index (χ3n) is 5.27. The van der Waals surface area contributed by atoms with Gasteiger partial charge in [-0.15, -0.1) is 0 Å². The van der Waals surface area contributed by atoms with Gasteiger partial charge in [0.05, 0.1) is 23.8 Å². The summed E-state index contributed by atoms with van der Waals surface area (Å²) in [7, 11) is 0. The van der Waals surface area contributed by atoms with E-state index in [0.29, 0.717) is 17.9 Å². The summed E-state index contributed by atoms with van der Waals surface area (Å²) < 4.78 is 16.2. The topological polar surface area (TPSA) is 115 Å². The first-order chi connectivity index (χ1) is 15.1. The van der Waals surface area contributed by atoms with Crippen LogP contribution in [0.1, 0.15) is 58.1 Å². The van der Waals surface area contributed by atoms with Gasteiger partial charge in [-0.05, 0) is 64.7 Å². The van der Waals surface area contributed by atoms with Crippen molar-refractivity contribution in [1.82, 2.24) is 0 Å². The van der Waals surface area contributed by atoms with Crippen molar-refractivity contribution in [1.29, 1.82) is 5.26 Å². The third kappa shape index (κ3) is 4.57. The summed E-state index contributed by atoms with van der Waals surface area (Å²) in [5.74, 6) is -0.993. The van der Waals surface area contributed by atoms with Crippen molar-refractivity contribution < 1.29 is 23.8 Å². The van der Waals surface area contributed by atoms with Crippen LogP contribution in [0.4, 0.5) is 10.5 Å². The van der Waals surface area contributed by atoms with Crippen molar-refractivity contribution in [2.45, 2.75) is 59.0 Å². The number of carbonyl (C=O) groups excluding carboxylic acids is 2. The molecule has 1 amide bonds. The van der Waals surface area contributed by atoms with Crippen molar-refractivity contribution in [2.24, 2.45) is 5.73 Å². The van der Waals surface area contributed by atoms with Gasteiger partial charge in [-0.25, -0.2) is 9.59 Å². The summed E-state index contributed by atoms with van der Waals surface area (Å²) in [5.41, 5.74) is 8.18. The van der Waals surface area contributed by atoms with Gasteiger partial charge < -0.3 is 19.9 Å². The van der Waals surface area contributed by atoms with Gasteiger partial charge in [0.2, 0.25) is 5.88 Å². The monoisotopic (exact) mass is 439 g/mol. The van der Waals surface area contributed by atoms with E-state index in [0.717, 1.165) is 24.1 Å². The molecule has 2 aliphatic rings. The van der Waals surface area contributed by atoms with Crippen LogP contribution in [0.2, 0.25) is 0 Å². The lowest BCUT2D eigenvalue weighted by Gasteiger charge is -2.33. The van der Waals surface area contributed by atoms with E-state index in [4.69, 9.17) is 19.9 Å². The Morgan fingerprint density at radius 3 is 2.69 bits per heavy atom. The number of nitrogens with zero attached hydrogens (tertiary/aromatic N) is 2. The van der Waals surface area contributed by atoms with E-state index in [9.17, 15) is 14.9 Å². The van der Waals surface area contributed by atoms with Crippen LogP contribution in [0.5, 0.6) is 0 Å². The molecule has 0 saturated carbocycles. The molecule has 32 heavy (non-hydrogen) atoms. The second-order valence-electron chi connectivity index (χ2n) is 8.74. The van der Waals surface area contributed by atoms with E-state index < -0.39 is 23.6 Å². The Labute approximate surface area is 188 Å². The summed E-state index contributed by atoms with van der Waals surface area (Å²) in [6, 6.07) is 7.63. The lowest BCUT2D eigenvalue weighted by atomic mass is 9.81. The predicted molar refractivity (Wildman–Crippen MR) is 118 cm³/mol. The largest absolute Gasteiger partial charge is 0.463 e. The molecule has 1 aromatic carbocycles. The van der Waals surface area contributed by atoms with Gasteiger partial charge in [-0.3, -0.25) is 4.90 Å². The number of aryl methyl sites for hydroxylation is 1. The van der Waals surface area contributed by atoms with Crippen molar-refractivity contribution in [2.75, 3.05) is 18.1 Å². The molecule has 3 rings (SSSR count). The molecule has 1 unspecified atom stereocenters. The maximum Gasteiger partial charge on any atom is 0.414 e. The molecule has 0 fully saturated rings. The lowest BCUT2D eigenvalue weighted by molar-refractivity contribution is -0.139. The van der Waals surface area contributed by atoms with Gasteiger partial charge in [-0.1, -0.05) is 12.1 Å². The molecule has 0 aliphatic carbocycles. The van der Waals surface area contributed by atoms with Crippen LogP contribution in [0, 0.1) is 11.3 Å². The summed E-state index contributed by atoms with van der Waals surface area (Å²) in [6.07, 6.45) is 1.12. The highest BCUT2D eigenvalue weighted by molar-refractivity contribution is 5.93. The van der Waals surface area contributed by atoms with Crippen LogP contribution >= 0.6 is 0 Å². The van der Waals surface area contributed by atoms with Crippen LogP contribution in [0.15, 0.2) is 41.0 Å². The Kier molecular flexibility index (Phi) is 6.49. The molecule has 2 heterocycles. The quantitative estimate of drug-likeness (QED) is 0.707. The third-order valence-corrected chi connectivity index (χ3v) is 5.27. The van der Waals surface area contributed by atoms with Crippen LogP contribution < -0.4 is 10.6 Å². The van der Waals surface area contributed by atoms with Gasteiger partial charge in [0, 0.05) is 6.54 Å². The summed E-state index contributed by atoms with van der Waals surface area (Å²) in [4.78, 5) is 27.1. The number of rotatable bonds is 3. The summed E-state index contributed by atoms with van der Waals surface area (Å²) in [6.45, 7) is 9.58. The van der Waals surface area contributed by atoms with Gasteiger partial charge in [0.1, 0.15) is 23.0 Å². The summed E-state index contributed by atoms with van der Waals surface area (Å²) in [5, 5.41) is 9.76. The van der Waals surface area contributed by atoms with Crippen molar-refractivity contribution in [3.05, 3.63) is 52.1 Å². The number of anilines is 1. The minimum atomic E-state index is -0.713. The molecule has 0 spiro atoms. The highest BCUT2D eigenvalue weighted by Gasteiger charge is 2.37. The molecular weight excluding hydrogens is 410 g/mol. The fourth-order valence-electron chi connectivity index (χ4n) is 3.99. The molecule has 170 valence electrons. The highest BCUT2D eigenvalue weighted by atomic mass is 16.6. The number of carbonyl (C=O) groups is 2. The summed E-state index contributed by atoms with van der Waals surface area (Å²) >= 11 is 0. The molecule has 1 aromatic rings. The number of fused-ring (bicyclic) bond motifs is 1. The Morgan fingerprint density at radius 1 is 1.34 bits per heavy atom. The first kappa shape index (κ1) is 23.2. The van der Waals surface area contributed by atoms with Crippen LogP contribution in [0.25, 0.3) is 0 Å². The Morgan fingerprint density at radius 2 is 2.06 bits per heavy atom. The number of hydrogen-bond donors (Lipinski definition) is 1. The van der Waals surface area contributed by atoms with Gasteiger partial charge >= 0.3 is 12.1 Å². The molecule has 2 N–H and O–H groups in total. The number of benzene rings is 1. The molecule has 0 bridgehead atoms. The maximum absolute atomic E-state index is 12.7. The van der Waals surface area contributed by atoms with Crippen LogP contribution in [-0.4, -0.2) is 30.8 Å². The van der Waals surface area contributed by atoms with Crippen molar-refractivity contribution >= 4 is 17.7 Å². The zero-order chi connectivity index (χ0) is 23.6. The molecule has 0 radical (unpaired) electrons. The maximum atomic E-state index is 12.7. The van der Waals surface area contributed by atoms with Gasteiger partial charge in [0.15, 0.2) is 0 Å². The SMILES string of the molecule is CCOC(=O)C1=C(C)OC(N)=C(C#N)C1c1ccc2c(c1)CCCN2C(=O)OC(C)(C)C. The fourth-order valence-corrected chi connectivity index (χ4v) is 3.99. The number of ether oxygens (including phenoxy) is 3. The van der Waals surface area contributed by atoms with E-state index in [1.165, 1.54) is 0 Å². The zero-order valence-corrected chi connectivity index (χ0v) is 19.2. The minimum absolute atomic E-state index is 0.0313. The molecule has 8 nitrogen and oxygen atoms in total. The van der Waals surface area contributed by atoms with Crippen LogP contribution in [-0.2, 0) is 25.4 Å². The number of allylic oxidation sites excluding steroid dienone is 2. The highest BCUT2D eigenvalue weighted by Crippen LogP contribution is 2.41. The minimum Gasteiger partial charge on any atom is -0.463 e. The molecule has 2 aliphatic heterocycles. The molecule has 1 atom stereocenters. The standard InChI is InChI=1S/C24H29N3O5/c1-6-30-22(28)19-14(2)31-21(26)17(13-25)20(19)16-9-10-18-15(12-16)8-7-11-27(18)23(29)32-24(3,4)5/h9-10,12,20H,6-8,11,26H2,1-5H3. The molecule has 0 saturated heterocycles. The Bertz CT molecular complexity index is 1040. The van der Waals surface area contributed by atoms with E-state index in [1.54, 1.807) is 24.8 Å². The molecule has 0 aromatic heterocycles. The van der Waals surface area contributed by atoms with Crippen molar-refractivity contribution in [3.8, 4) is 6.07 Å². The lowest BCUT2D eigenvalue weighted by Crippen LogP contribution is -2.39. The Hall–Kier alpha value is -3.47.